The minimum atomic E-state index is -0.372. The van der Waals surface area contributed by atoms with Crippen LogP contribution < -0.4 is 5.43 Å². The molecule has 0 atom stereocenters. The largest absolute Gasteiger partial charge is 0.456 e. The number of nitrogens with zero attached hydrogens (tertiary/aromatic N) is 2. The first-order chi connectivity index (χ1) is 13.0. The van der Waals surface area contributed by atoms with E-state index in [0.717, 1.165) is 10.5 Å². The summed E-state index contributed by atoms with van der Waals surface area (Å²) in [4.78, 5) is 38.8. The molecule has 134 valence electrons. The number of para-hydroxylation sites is 1. The second-order valence-electron chi connectivity index (χ2n) is 6.33. The molecule has 0 N–H and O–H groups in total. The molecule has 1 fully saturated rings. The maximum Gasteiger partial charge on any atom is 0.331 e. The van der Waals surface area contributed by atoms with Crippen molar-refractivity contribution in [1.82, 2.24) is 9.80 Å². The third kappa shape index (κ3) is 2.81. The van der Waals surface area contributed by atoms with Crippen molar-refractivity contribution in [1.29, 1.82) is 0 Å². The van der Waals surface area contributed by atoms with Crippen molar-refractivity contribution in [2.45, 2.75) is 0 Å². The van der Waals surface area contributed by atoms with Crippen LogP contribution in [0.3, 0.4) is 0 Å². The van der Waals surface area contributed by atoms with Gasteiger partial charge in [0.1, 0.15) is 17.0 Å². The summed E-state index contributed by atoms with van der Waals surface area (Å²) in [5.74, 6) is 0.0865. The molecule has 27 heavy (non-hydrogen) atoms. The molecule has 4 rings (SSSR count). The fourth-order valence-electron chi connectivity index (χ4n) is 3.07. The lowest BCUT2D eigenvalue weighted by Gasteiger charge is -2.08. The van der Waals surface area contributed by atoms with Crippen LogP contribution in [0.25, 0.3) is 28.4 Å². The predicted octanol–water partition coefficient (Wildman–Crippen LogP) is 3.32. The zero-order valence-electron chi connectivity index (χ0n) is 14.8. The first-order valence-electron chi connectivity index (χ1n) is 8.36. The lowest BCUT2D eigenvalue weighted by molar-refractivity contribution is -0.122. The van der Waals surface area contributed by atoms with Crippen molar-refractivity contribution < 1.29 is 14.0 Å². The monoisotopic (exact) mass is 360 g/mol. The normalized spacial score (nSPS) is 16.0. The number of benzene rings is 2. The number of likely N-dealkylation sites (N-methyl/N-ethyl adjacent to an activating group) is 2. The second-order valence-corrected chi connectivity index (χ2v) is 6.33. The first-order valence-corrected chi connectivity index (χ1v) is 8.36. The molecule has 0 saturated carbocycles. The van der Waals surface area contributed by atoms with Gasteiger partial charge in [0.25, 0.3) is 5.91 Å². The fourth-order valence-corrected chi connectivity index (χ4v) is 3.07. The molecule has 0 bridgehead atoms. The van der Waals surface area contributed by atoms with Crippen LogP contribution >= 0.6 is 0 Å². The summed E-state index contributed by atoms with van der Waals surface area (Å²) in [6.45, 7) is 0. The molecule has 0 aliphatic carbocycles. The Labute approximate surface area is 154 Å². The van der Waals surface area contributed by atoms with Crippen LogP contribution in [0.5, 0.6) is 0 Å². The van der Waals surface area contributed by atoms with E-state index >= 15 is 0 Å². The molecule has 1 saturated heterocycles. The van der Waals surface area contributed by atoms with Crippen molar-refractivity contribution in [2.24, 2.45) is 0 Å². The molecule has 3 amide bonds. The Kier molecular flexibility index (Phi) is 3.88. The standard InChI is InChI=1S/C21H16N2O4/c1-22-16(20(25)23(2)21(22)26)11-13-6-5-7-14(10-13)19-12-17(24)15-8-3-4-9-18(15)27-19/h3-12H,1-2H3/b16-11-. The summed E-state index contributed by atoms with van der Waals surface area (Å²) >= 11 is 0. The van der Waals surface area contributed by atoms with Crippen molar-refractivity contribution >= 4 is 29.0 Å². The van der Waals surface area contributed by atoms with E-state index in [4.69, 9.17) is 4.42 Å². The quantitative estimate of drug-likeness (QED) is 0.519. The molecule has 0 radical (unpaired) electrons. The lowest BCUT2D eigenvalue weighted by Crippen LogP contribution is -2.27. The van der Waals surface area contributed by atoms with Crippen molar-refractivity contribution in [3.05, 3.63) is 76.1 Å². The molecule has 0 unspecified atom stereocenters. The molecule has 6 nitrogen and oxygen atoms in total. The lowest BCUT2D eigenvalue weighted by atomic mass is 10.1. The van der Waals surface area contributed by atoms with Gasteiger partial charge in [-0.15, -0.1) is 0 Å². The Morgan fingerprint density at radius 2 is 1.67 bits per heavy atom. The summed E-state index contributed by atoms with van der Waals surface area (Å²) in [6.07, 6.45) is 1.65. The fraction of sp³-hybridized carbons (Fsp3) is 0.0952. The van der Waals surface area contributed by atoms with E-state index in [-0.39, 0.29) is 17.4 Å². The number of amides is 3. The minimum Gasteiger partial charge on any atom is -0.456 e. The van der Waals surface area contributed by atoms with Gasteiger partial charge in [0.2, 0.25) is 0 Å². The molecule has 1 aliphatic heterocycles. The van der Waals surface area contributed by atoms with Gasteiger partial charge in [-0.1, -0.05) is 30.3 Å². The van der Waals surface area contributed by atoms with Crippen molar-refractivity contribution in [3.8, 4) is 11.3 Å². The van der Waals surface area contributed by atoms with Crippen LogP contribution in [0.2, 0.25) is 0 Å². The van der Waals surface area contributed by atoms with Crippen LogP contribution in [0.15, 0.2) is 69.5 Å². The van der Waals surface area contributed by atoms with Crippen LogP contribution in [0, 0.1) is 0 Å². The average Bonchev–Trinajstić information content (AvgIpc) is 2.86. The van der Waals surface area contributed by atoms with E-state index in [1.807, 2.05) is 30.3 Å². The summed E-state index contributed by atoms with van der Waals surface area (Å²) < 4.78 is 5.87. The molecule has 3 aromatic rings. The number of urea groups is 1. The number of hydrogen-bond donors (Lipinski definition) is 0. The van der Waals surface area contributed by atoms with Gasteiger partial charge in [-0.05, 0) is 29.8 Å². The highest BCUT2D eigenvalue weighted by molar-refractivity contribution is 6.13. The highest BCUT2D eigenvalue weighted by atomic mass is 16.3. The Bertz CT molecular complexity index is 1180. The van der Waals surface area contributed by atoms with Crippen molar-refractivity contribution in [3.63, 3.8) is 0 Å². The van der Waals surface area contributed by atoms with Gasteiger partial charge in [-0.3, -0.25) is 19.4 Å². The van der Waals surface area contributed by atoms with Gasteiger partial charge < -0.3 is 4.42 Å². The van der Waals surface area contributed by atoms with E-state index in [1.54, 1.807) is 31.3 Å². The summed E-state index contributed by atoms with van der Waals surface area (Å²) in [5.41, 5.74) is 2.12. The molecule has 6 heteroatoms. The molecule has 2 aromatic carbocycles. The van der Waals surface area contributed by atoms with Crippen molar-refractivity contribution in [2.75, 3.05) is 14.1 Å². The Balaban J connectivity index is 1.78. The van der Waals surface area contributed by atoms with E-state index in [2.05, 4.69) is 0 Å². The van der Waals surface area contributed by atoms with Crippen LogP contribution in [-0.4, -0.2) is 35.8 Å². The Morgan fingerprint density at radius 3 is 2.41 bits per heavy atom. The Hall–Kier alpha value is -3.67. The highest BCUT2D eigenvalue weighted by Gasteiger charge is 2.35. The van der Waals surface area contributed by atoms with Gasteiger partial charge >= 0.3 is 6.03 Å². The predicted molar refractivity (Wildman–Crippen MR) is 102 cm³/mol. The zero-order chi connectivity index (χ0) is 19.1. The number of rotatable bonds is 2. The van der Waals surface area contributed by atoms with Crippen LogP contribution in [0.1, 0.15) is 5.56 Å². The molecule has 1 aliphatic rings. The number of carbonyl (C=O) groups excluding carboxylic acids is 2. The van der Waals surface area contributed by atoms with Gasteiger partial charge in [0.15, 0.2) is 5.43 Å². The molecule has 0 spiro atoms. The molecular weight excluding hydrogens is 344 g/mol. The van der Waals surface area contributed by atoms with E-state index < -0.39 is 0 Å². The molecule has 1 aromatic heterocycles. The Morgan fingerprint density at radius 1 is 0.889 bits per heavy atom. The maximum atomic E-state index is 12.3. The summed E-state index contributed by atoms with van der Waals surface area (Å²) in [6, 6.07) is 15.4. The molecule has 2 heterocycles. The maximum absolute atomic E-state index is 12.3. The van der Waals surface area contributed by atoms with Gasteiger partial charge in [-0.25, -0.2) is 4.79 Å². The zero-order valence-corrected chi connectivity index (χ0v) is 14.8. The van der Waals surface area contributed by atoms with E-state index in [9.17, 15) is 14.4 Å². The number of fused-ring (bicyclic) bond motifs is 1. The highest BCUT2D eigenvalue weighted by Crippen LogP contribution is 2.25. The average molecular weight is 360 g/mol. The molecular formula is C21H16N2O4. The summed E-state index contributed by atoms with van der Waals surface area (Å²) in [5, 5.41) is 0.527. The van der Waals surface area contributed by atoms with Gasteiger partial charge in [0, 0.05) is 25.7 Å². The smallest absolute Gasteiger partial charge is 0.331 e. The number of hydrogen-bond acceptors (Lipinski definition) is 4. The minimum absolute atomic E-state index is 0.117. The third-order valence-electron chi connectivity index (χ3n) is 4.57. The number of imide groups is 1. The first kappa shape index (κ1) is 16.8. The third-order valence-corrected chi connectivity index (χ3v) is 4.57. The van der Waals surface area contributed by atoms with Crippen LogP contribution in [0.4, 0.5) is 4.79 Å². The van der Waals surface area contributed by atoms with Crippen LogP contribution in [-0.2, 0) is 4.79 Å². The van der Waals surface area contributed by atoms with Gasteiger partial charge in [-0.2, -0.15) is 0 Å². The number of carbonyl (C=O) groups is 2. The van der Waals surface area contributed by atoms with E-state index in [0.29, 0.717) is 28.0 Å². The van der Waals surface area contributed by atoms with E-state index in [1.165, 1.54) is 18.0 Å². The summed E-state index contributed by atoms with van der Waals surface area (Å²) in [7, 11) is 3.00. The SMILES string of the molecule is CN1C(=O)/C(=C/c2cccc(-c3cc(=O)c4ccccc4o3)c2)N(C)C1=O. The topological polar surface area (TPSA) is 70.8 Å². The van der Waals surface area contributed by atoms with Gasteiger partial charge in [0.05, 0.1) is 5.39 Å². The second kappa shape index (κ2) is 6.25.